The first-order chi connectivity index (χ1) is 14.0. The van der Waals surface area contributed by atoms with Gasteiger partial charge < -0.3 is 10.1 Å². The second-order valence-corrected chi connectivity index (χ2v) is 9.11. The van der Waals surface area contributed by atoms with Crippen LogP contribution < -0.4 is 5.32 Å². The molecule has 2 aromatic carbocycles. The van der Waals surface area contributed by atoms with E-state index >= 15 is 0 Å². The van der Waals surface area contributed by atoms with E-state index in [4.69, 9.17) is 4.74 Å². The Hall–Kier alpha value is -2.62. The number of piperidine rings is 1. The highest BCUT2D eigenvalue weighted by Crippen LogP contribution is 2.48. The van der Waals surface area contributed by atoms with Crippen LogP contribution in [0.4, 0.5) is 5.69 Å². The van der Waals surface area contributed by atoms with Crippen LogP contribution in [0.2, 0.25) is 0 Å². The Morgan fingerprint density at radius 2 is 2.07 bits per heavy atom. The number of ether oxygens (including phenoxy) is 1. The van der Waals surface area contributed by atoms with Gasteiger partial charge in [-0.3, -0.25) is 0 Å². The second-order valence-electron chi connectivity index (χ2n) is 9.11. The highest BCUT2D eigenvalue weighted by atomic mass is 16.5. The fraction of sp³-hybridized carbons (Fsp3) is 0.440. The van der Waals surface area contributed by atoms with E-state index in [0.717, 1.165) is 25.1 Å². The van der Waals surface area contributed by atoms with Crippen molar-refractivity contribution in [1.29, 1.82) is 0 Å². The first-order valence-electron chi connectivity index (χ1n) is 10.8. The van der Waals surface area contributed by atoms with E-state index in [1.54, 1.807) is 0 Å². The normalized spacial score (nSPS) is 26.0. The molecule has 3 aliphatic rings. The van der Waals surface area contributed by atoms with Crippen LogP contribution in [0, 0.1) is 5.92 Å². The molecule has 0 unspecified atom stereocenters. The number of carbonyl (C=O) groups excluding carboxylic acids is 1. The summed E-state index contributed by atoms with van der Waals surface area (Å²) >= 11 is 0. The maximum absolute atomic E-state index is 12.3. The third-order valence-electron chi connectivity index (χ3n) is 7.24. The molecule has 1 saturated heterocycles. The molecule has 2 aromatic rings. The largest absolute Gasteiger partial charge is 0.462 e. The summed E-state index contributed by atoms with van der Waals surface area (Å²) in [5.74, 6) is 0.286. The third-order valence-corrected chi connectivity index (χ3v) is 7.24. The average molecular weight is 390 g/mol. The van der Waals surface area contributed by atoms with Gasteiger partial charge in [-0.1, -0.05) is 32.0 Å². The van der Waals surface area contributed by atoms with Crippen LogP contribution in [0.1, 0.15) is 54.2 Å². The molecular formula is C25H29N2O2+. The highest BCUT2D eigenvalue weighted by Gasteiger charge is 2.52. The number of carbonyl (C=O) groups is 1. The molecule has 3 aliphatic heterocycles. The molecule has 3 atom stereocenters. The Morgan fingerprint density at radius 1 is 1.24 bits per heavy atom. The molecule has 0 aromatic heterocycles. The summed E-state index contributed by atoms with van der Waals surface area (Å²) in [4.78, 5) is 12.3. The number of esters is 1. The van der Waals surface area contributed by atoms with Gasteiger partial charge in [0.25, 0.3) is 0 Å². The molecule has 150 valence electrons. The van der Waals surface area contributed by atoms with Crippen molar-refractivity contribution in [3.8, 4) is 0 Å². The highest BCUT2D eigenvalue weighted by molar-refractivity contribution is 5.90. The lowest BCUT2D eigenvalue weighted by Gasteiger charge is -2.50. The molecule has 5 rings (SSSR count). The minimum atomic E-state index is -0.235. The van der Waals surface area contributed by atoms with Crippen molar-refractivity contribution in [2.45, 2.75) is 51.1 Å². The van der Waals surface area contributed by atoms with Crippen molar-refractivity contribution in [1.82, 2.24) is 0 Å². The number of hydrogen-bond acceptors (Lipinski definition) is 3. The average Bonchev–Trinajstić information content (AvgIpc) is 2.72. The smallest absolute Gasteiger partial charge is 0.338 e. The summed E-state index contributed by atoms with van der Waals surface area (Å²) in [7, 11) is 0. The van der Waals surface area contributed by atoms with Gasteiger partial charge >= 0.3 is 5.97 Å². The number of fused-ring (bicyclic) bond motifs is 5. The molecular weight excluding hydrogens is 360 g/mol. The van der Waals surface area contributed by atoms with Crippen molar-refractivity contribution >= 4 is 17.9 Å². The van der Waals surface area contributed by atoms with E-state index in [9.17, 15) is 4.79 Å². The summed E-state index contributed by atoms with van der Waals surface area (Å²) in [6.07, 6.45) is 4.57. The molecule has 4 nitrogen and oxygen atoms in total. The first kappa shape index (κ1) is 18.4. The van der Waals surface area contributed by atoms with E-state index in [1.807, 2.05) is 19.1 Å². The summed E-state index contributed by atoms with van der Waals surface area (Å²) in [6.45, 7) is 8.01. The Balaban J connectivity index is 1.52. The Kier molecular flexibility index (Phi) is 4.27. The molecule has 0 radical (unpaired) electrons. The zero-order valence-corrected chi connectivity index (χ0v) is 17.4. The third kappa shape index (κ3) is 2.88. The molecule has 1 N–H and O–H groups in total. The molecule has 0 spiro atoms. The van der Waals surface area contributed by atoms with E-state index in [0.29, 0.717) is 30.2 Å². The van der Waals surface area contributed by atoms with Gasteiger partial charge in [0.15, 0.2) is 12.3 Å². The molecule has 0 bridgehead atoms. The van der Waals surface area contributed by atoms with Gasteiger partial charge in [-0.25, -0.2) is 9.37 Å². The van der Waals surface area contributed by atoms with Crippen LogP contribution in [0.3, 0.4) is 0 Å². The topological polar surface area (TPSA) is 41.3 Å². The van der Waals surface area contributed by atoms with Gasteiger partial charge in [0, 0.05) is 30.0 Å². The fourth-order valence-electron chi connectivity index (χ4n) is 5.69. The van der Waals surface area contributed by atoms with Gasteiger partial charge in [-0.15, -0.1) is 0 Å². The maximum Gasteiger partial charge on any atom is 0.338 e. The lowest BCUT2D eigenvalue weighted by molar-refractivity contribution is -0.579. The summed E-state index contributed by atoms with van der Waals surface area (Å²) in [6, 6.07) is 15.6. The van der Waals surface area contributed by atoms with Crippen LogP contribution in [0.5, 0.6) is 0 Å². The van der Waals surface area contributed by atoms with Gasteiger partial charge in [0.1, 0.15) is 6.54 Å². The Labute approximate surface area is 172 Å². The summed E-state index contributed by atoms with van der Waals surface area (Å²) in [5.41, 5.74) is 5.84. The van der Waals surface area contributed by atoms with E-state index in [-0.39, 0.29) is 11.4 Å². The van der Waals surface area contributed by atoms with Crippen LogP contribution in [0.15, 0.2) is 42.5 Å². The molecule has 0 amide bonds. The number of benzene rings is 2. The predicted molar refractivity (Wildman–Crippen MR) is 115 cm³/mol. The van der Waals surface area contributed by atoms with Crippen LogP contribution in [-0.4, -0.2) is 42.0 Å². The lowest BCUT2D eigenvalue weighted by atomic mass is 9.62. The molecule has 29 heavy (non-hydrogen) atoms. The quantitative estimate of drug-likeness (QED) is 0.623. The SMILES string of the molecule is CCOC(=O)c1ccc2c(c1)C(C)(C)[C@H]1CC[N+]3=Cc4ccccc4C[C@H]3[C@H]1N2. The molecule has 0 aliphatic carbocycles. The van der Waals surface area contributed by atoms with Crippen molar-refractivity contribution in [3.05, 3.63) is 64.7 Å². The maximum atomic E-state index is 12.3. The molecule has 1 fully saturated rings. The number of nitrogens with zero attached hydrogens (tertiary/aromatic N) is 1. The number of anilines is 1. The lowest BCUT2D eigenvalue weighted by Crippen LogP contribution is -2.60. The Bertz CT molecular complexity index is 1010. The van der Waals surface area contributed by atoms with Crippen LogP contribution >= 0.6 is 0 Å². The minimum absolute atomic E-state index is 0.00317. The van der Waals surface area contributed by atoms with Gasteiger partial charge in [-0.05, 0) is 47.7 Å². The van der Waals surface area contributed by atoms with Gasteiger partial charge in [0.2, 0.25) is 0 Å². The van der Waals surface area contributed by atoms with E-state index in [2.05, 4.69) is 60.3 Å². The van der Waals surface area contributed by atoms with Gasteiger partial charge in [-0.2, -0.15) is 0 Å². The molecule has 0 saturated carbocycles. The van der Waals surface area contributed by atoms with Crippen molar-refractivity contribution in [2.75, 3.05) is 18.5 Å². The van der Waals surface area contributed by atoms with Gasteiger partial charge in [0.05, 0.1) is 18.2 Å². The number of rotatable bonds is 2. The second kappa shape index (κ2) is 6.72. The van der Waals surface area contributed by atoms with Crippen LogP contribution in [0.25, 0.3) is 0 Å². The minimum Gasteiger partial charge on any atom is -0.462 e. The predicted octanol–water partition coefficient (Wildman–Crippen LogP) is 4.01. The number of nitrogens with one attached hydrogen (secondary N) is 1. The zero-order chi connectivity index (χ0) is 20.2. The monoisotopic (exact) mass is 389 g/mol. The van der Waals surface area contributed by atoms with Crippen molar-refractivity contribution in [2.24, 2.45) is 5.92 Å². The van der Waals surface area contributed by atoms with Crippen molar-refractivity contribution in [3.63, 3.8) is 0 Å². The summed E-state index contributed by atoms with van der Waals surface area (Å²) < 4.78 is 7.77. The van der Waals surface area contributed by atoms with Crippen molar-refractivity contribution < 1.29 is 14.1 Å². The van der Waals surface area contributed by atoms with E-state index in [1.165, 1.54) is 16.7 Å². The van der Waals surface area contributed by atoms with Crippen LogP contribution in [-0.2, 0) is 16.6 Å². The fourth-order valence-corrected chi connectivity index (χ4v) is 5.69. The summed E-state index contributed by atoms with van der Waals surface area (Å²) in [5, 5.41) is 3.87. The number of hydrogen-bond donors (Lipinski definition) is 1. The standard InChI is InChI=1S/C25H28N2O2/c1-4-29-24(28)17-9-10-21-20(13-17)25(2,3)19-11-12-27-15-18-8-6-5-7-16(18)14-22(27)23(19)26-21/h5-10,13,15,19,22-23H,4,11-12,14H2,1-3H3/p+1/t19-,22-,23-/m0/s1. The Morgan fingerprint density at radius 3 is 2.90 bits per heavy atom. The molecule has 3 heterocycles. The first-order valence-corrected chi connectivity index (χ1v) is 10.8. The molecule has 4 heteroatoms. The zero-order valence-electron chi connectivity index (χ0n) is 17.4. The van der Waals surface area contributed by atoms with E-state index < -0.39 is 0 Å².